The van der Waals surface area contributed by atoms with Crippen LogP contribution in [0.25, 0.3) is 11.1 Å². The van der Waals surface area contributed by atoms with E-state index in [0.717, 1.165) is 35.6 Å². The standard InChI is InChI=1S/C28H25N3O2/c1-2-3-19-31-27(29-26(30-31)18-15-21-9-5-4-6-10-21)20-22-13-16-23(17-14-22)24-11-7-8-12-25(24)28(32)33/h4-14,16-17H,15,18-20H2,1H3,(H,32,33). The molecule has 3 aromatic carbocycles. The summed E-state index contributed by atoms with van der Waals surface area (Å²) in [5.74, 6) is 6.77. The molecule has 0 saturated carbocycles. The van der Waals surface area contributed by atoms with Gasteiger partial charge < -0.3 is 5.11 Å². The van der Waals surface area contributed by atoms with Crippen LogP contribution < -0.4 is 0 Å². The van der Waals surface area contributed by atoms with Crippen LogP contribution in [0.4, 0.5) is 0 Å². The molecule has 164 valence electrons. The van der Waals surface area contributed by atoms with Gasteiger partial charge in [0, 0.05) is 12.8 Å². The van der Waals surface area contributed by atoms with E-state index in [2.05, 4.69) is 24.0 Å². The summed E-state index contributed by atoms with van der Waals surface area (Å²) in [6.07, 6.45) is 2.29. The summed E-state index contributed by atoms with van der Waals surface area (Å²) in [6.45, 7) is 2.33. The molecule has 0 saturated heterocycles. The van der Waals surface area contributed by atoms with Crippen molar-refractivity contribution in [2.45, 2.75) is 32.7 Å². The second-order valence-electron chi connectivity index (χ2n) is 7.74. The zero-order chi connectivity index (χ0) is 23.0. The molecular weight excluding hydrogens is 410 g/mol. The number of hydrogen-bond donors (Lipinski definition) is 1. The van der Waals surface area contributed by atoms with Crippen LogP contribution in [0.15, 0.2) is 78.9 Å². The van der Waals surface area contributed by atoms with Gasteiger partial charge in [-0.1, -0.05) is 78.7 Å². The third-order valence-electron chi connectivity index (χ3n) is 5.46. The fourth-order valence-electron chi connectivity index (χ4n) is 3.75. The Morgan fingerprint density at radius 1 is 0.909 bits per heavy atom. The highest BCUT2D eigenvalue weighted by Crippen LogP contribution is 2.24. The van der Waals surface area contributed by atoms with Gasteiger partial charge in [-0.2, -0.15) is 5.10 Å². The number of rotatable bonds is 8. The zero-order valence-electron chi connectivity index (χ0n) is 18.5. The fraction of sp³-hybridized carbons (Fsp3) is 0.179. The molecule has 0 fully saturated rings. The lowest BCUT2D eigenvalue weighted by Gasteiger charge is -2.08. The number of carbonyl (C=O) groups is 1. The molecule has 0 atom stereocenters. The molecule has 1 aromatic heterocycles. The van der Waals surface area contributed by atoms with E-state index in [9.17, 15) is 9.90 Å². The van der Waals surface area contributed by atoms with Crippen LogP contribution in [0.1, 0.15) is 40.1 Å². The molecule has 1 N–H and O–H groups in total. The van der Waals surface area contributed by atoms with Crippen LogP contribution in [0.3, 0.4) is 0 Å². The Labute approximate surface area is 193 Å². The van der Waals surface area contributed by atoms with Gasteiger partial charge in [-0.15, -0.1) is 5.92 Å². The molecule has 0 radical (unpaired) electrons. The van der Waals surface area contributed by atoms with Gasteiger partial charge in [-0.3, -0.25) is 0 Å². The van der Waals surface area contributed by atoms with Crippen LogP contribution in [0.2, 0.25) is 0 Å². The first-order valence-corrected chi connectivity index (χ1v) is 10.9. The Hall–Kier alpha value is -4.17. The van der Waals surface area contributed by atoms with Crippen LogP contribution in [-0.4, -0.2) is 25.8 Å². The highest BCUT2D eigenvalue weighted by Gasteiger charge is 2.13. The van der Waals surface area contributed by atoms with Gasteiger partial charge in [0.1, 0.15) is 12.4 Å². The monoisotopic (exact) mass is 435 g/mol. The van der Waals surface area contributed by atoms with Crippen molar-refractivity contribution in [3.63, 3.8) is 0 Å². The minimum atomic E-state index is -0.928. The number of carboxylic acid groups (broad SMARTS) is 1. The smallest absolute Gasteiger partial charge is 0.336 e. The maximum absolute atomic E-state index is 11.5. The fourth-order valence-corrected chi connectivity index (χ4v) is 3.75. The number of carboxylic acids is 1. The number of aryl methyl sites for hydroxylation is 2. The predicted molar refractivity (Wildman–Crippen MR) is 129 cm³/mol. The van der Waals surface area contributed by atoms with Gasteiger partial charge in [0.05, 0.1) is 5.56 Å². The van der Waals surface area contributed by atoms with Gasteiger partial charge in [-0.05, 0) is 41.7 Å². The molecule has 0 aliphatic rings. The number of aromatic carboxylic acids is 1. The van der Waals surface area contributed by atoms with E-state index in [1.807, 2.05) is 66.2 Å². The number of benzene rings is 3. The molecule has 1 heterocycles. The van der Waals surface area contributed by atoms with E-state index < -0.39 is 5.97 Å². The second kappa shape index (κ2) is 10.4. The molecule has 5 heteroatoms. The molecule has 5 nitrogen and oxygen atoms in total. The molecule has 0 spiro atoms. The van der Waals surface area contributed by atoms with Gasteiger partial charge in [0.2, 0.25) is 0 Å². The number of aromatic nitrogens is 3. The molecule has 33 heavy (non-hydrogen) atoms. The zero-order valence-corrected chi connectivity index (χ0v) is 18.5. The quantitative estimate of drug-likeness (QED) is 0.394. The third-order valence-corrected chi connectivity index (χ3v) is 5.46. The predicted octanol–water partition coefficient (Wildman–Crippen LogP) is 5.04. The van der Waals surface area contributed by atoms with Crippen molar-refractivity contribution in [2.24, 2.45) is 0 Å². The van der Waals surface area contributed by atoms with Gasteiger partial charge in [0.25, 0.3) is 0 Å². The SMILES string of the molecule is CC#CCn1nc(CCc2ccccc2)nc1Cc1ccc(-c2ccccc2C(=O)O)cc1. The van der Waals surface area contributed by atoms with E-state index in [4.69, 9.17) is 10.1 Å². The normalized spacial score (nSPS) is 10.5. The van der Waals surface area contributed by atoms with Crippen molar-refractivity contribution in [1.29, 1.82) is 0 Å². The molecule has 0 aliphatic heterocycles. The van der Waals surface area contributed by atoms with E-state index in [-0.39, 0.29) is 0 Å². The minimum Gasteiger partial charge on any atom is -0.478 e. The topological polar surface area (TPSA) is 68.0 Å². The third kappa shape index (κ3) is 5.55. The Balaban J connectivity index is 1.53. The first-order chi connectivity index (χ1) is 16.1. The van der Waals surface area contributed by atoms with Gasteiger partial charge in [-0.25, -0.2) is 14.5 Å². The van der Waals surface area contributed by atoms with E-state index >= 15 is 0 Å². The van der Waals surface area contributed by atoms with Crippen molar-refractivity contribution < 1.29 is 9.90 Å². The highest BCUT2D eigenvalue weighted by molar-refractivity contribution is 5.95. The van der Waals surface area contributed by atoms with Crippen molar-refractivity contribution in [3.8, 4) is 23.0 Å². The first-order valence-electron chi connectivity index (χ1n) is 10.9. The van der Waals surface area contributed by atoms with Crippen molar-refractivity contribution >= 4 is 5.97 Å². The van der Waals surface area contributed by atoms with Crippen molar-refractivity contribution in [3.05, 3.63) is 107 Å². The molecule has 0 bridgehead atoms. The van der Waals surface area contributed by atoms with Crippen molar-refractivity contribution in [2.75, 3.05) is 0 Å². The van der Waals surface area contributed by atoms with Crippen LogP contribution in [-0.2, 0) is 25.8 Å². The lowest BCUT2D eigenvalue weighted by atomic mass is 9.98. The molecule has 0 unspecified atom stereocenters. The summed E-state index contributed by atoms with van der Waals surface area (Å²) in [5, 5.41) is 14.2. The number of nitrogens with zero attached hydrogens (tertiary/aromatic N) is 3. The van der Waals surface area contributed by atoms with Crippen LogP contribution in [0.5, 0.6) is 0 Å². The number of hydrogen-bond acceptors (Lipinski definition) is 3. The van der Waals surface area contributed by atoms with Crippen LogP contribution in [0, 0.1) is 11.8 Å². The average Bonchev–Trinajstić information content (AvgIpc) is 3.24. The summed E-state index contributed by atoms with van der Waals surface area (Å²) in [4.78, 5) is 16.3. The molecule has 0 aliphatic carbocycles. The van der Waals surface area contributed by atoms with Gasteiger partial charge >= 0.3 is 5.97 Å². The largest absolute Gasteiger partial charge is 0.478 e. The van der Waals surface area contributed by atoms with E-state index in [0.29, 0.717) is 24.1 Å². The summed E-state index contributed by atoms with van der Waals surface area (Å²) in [6, 6.07) is 25.3. The summed E-state index contributed by atoms with van der Waals surface area (Å²) >= 11 is 0. The molecule has 4 aromatic rings. The molecule has 4 rings (SSSR count). The Morgan fingerprint density at radius 3 is 2.36 bits per heavy atom. The second-order valence-corrected chi connectivity index (χ2v) is 7.74. The Bertz CT molecular complexity index is 1300. The minimum absolute atomic E-state index is 0.297. The Kier molecular flexibility index (Phi) is 6.96. The van der Waals surface area contributed by atoms with Crippen molar-refractivity contribution in [1.82, 2.24) is 14.8 Å². The summed E-state index contributed by atoms with van der Waals surface area (Å²) < 4.78 is 1.88. The van der Waals surface area contributed by atoms with Crippen LogP contribution >= 0.6 is 0 Å². The summed E-state index contributed by atoms with van der Waals surface area (Å²) in [5.41, 5.74) is 4.23. The molecular formula is C28H25N3O2. The molecule has 0 amide bonds. The lowest BCUT2D eigenvalue weighted by Crippen LogP contribution is -2.05. The lowest BCUT2D eigenvalue weighted by molar-refractivity contribution is 0.0697. The summed E-state index contributed by atoms with van der Waals surface area (Å²) in [7, 11) is 0. The van der Waals surface area contributed by atoms with Gasteiger partial charge in [0.15, 0.2) is 5.82 Å². The maximum atomic E-state index is 11.5. The maximum Gasteiger partial charge on any atom is 0.336 e. The highest BCUT2D eigenvalue weighted by atomic mass is 16.4. The average molecular weight is 436 g/mol. The Morgan fingerprint density at radius 2 is 1.64 bits per heavy atom. The van der Waals surface area contributed by atoms with E-state index in [1.54, 1.807) is 12.1 Å². The van der Waals surface area contributed by atoms with E-state index in [1.165, 1.54) is 5.56 Å². The first kappa shape index (κ1) is 22.0.